The molecule has 0 unspecified atom stereocenters. The third-order valence-electron chi connectivity index (χ3n) is 4.74. The molecule has 1 N–H and O–H groups in total. The molecule has 27 heavy (non-hydrogen) atoms. The second kappa shape index (κ2) is 7.52. The molecule has 1 aliphatic heterocycles. The highest BCUT2D eigenvalue weighted by atomic mass is 35.5. The molecule has 0 aromatic carbocycles. The van der Waals surface area contributed by atoms with Crippen LogP contribution in [0.5, 0.6) is 5.75 Å². The van der Waals surface area contributed by atoms with Gasteiger partial charge in [-0.3, -0.25) is 4.98 Å². The zero-order valence-electron chi connectivity index (χ0n) is 14.6. The van der Waals surface area contributed by atoms with Gasteiger partial charge in [0.2, 0.25) is 0 Å². The van der Waals surface area contributed by atoms with E-state index in [1.165, 1.54) is 13.2 Å². The van der Waals surface area contributed by atoms with Crippen molar-refractivity contribution >= 4 is 17.3 Å². The average molecular weight is 402 g/mol. The van der Waals surface area contributed by atoms with Gasteiger partial charge in [-0.05, 0) is 25.0 Å². The molecule has 1 saturated heterocycles. The van der Waals surface area contributed by atoms with Gasteiger partial charge in [0, 0.05) is 43.7 Å². The summed E-state index contributed by atoms with van der Waals surface area (Å²) in [6.45, 7) is 0.508. The highest BCUT2D eigenvalue weighted by Crippen LogP contribution is 2.39. The van der Waals surface area contributed by atoms with Gasteiger partial charge in [0.05, 0.1) is 23.4 Å². The largest absolute Gasteiger partial charge is 0.496 e. The molecule has 5 nitrogen and oxygen atoms in total. The Kier molecular flexibility index (Phi) is 5.48. The summed E-state index contributed by atoms with van der Waals surface area (Å²) >= 11 is 5.86. The summed E-state index contributed by atoms with van der Waals surface area (Å²) in [5.41, 5.74) is -1.31. The normalized spacial score (nSPS) is 17.0. The number of ether oxygens (including phenoxy) is 1. The minimum absolute atomic E-state index is 0.0593. The van der Waals surface area contributed by atoms with Crippen molar-refractivity contribution in [1.29, 1.82) is 0 Å². The van der Waals surface area contributed by atoms with Crippen molar-refractivity contribution in [2.45, 2.75) is 31.0 Å². The van der Waals surface area contributed by atoms with Crippen LogP contribution in [0.25, 0.3) is 0 Å². The summed E-state index contributed by atoms with van der Waals surface area (Å²) in [6.07, 6.45) is 0.562. The monoisotopic (exact) mass is 401 g/mol. The first-order valence-electron chi connectivity index (χ1n) is 8.39. The van der Waals surface area contributed by atoms with Gasteiger partial charge in [-0.25, -0.2) is 4.98 Å². The average Bonchev–Trinajstić information content (AvgIpc) is 2.61. The molecule has 2 aromatic heterocycles. The van der Waals surface area contributed by atoms with E-state index in [4.69, 9.17) is 16.3 Å². The number of hydrogen-bond acceptors (Lipinski definition) is 5. The van der Waals surface area contributed by atoms with Crippen molar-refractivity contribution < 1.29 is 23.0 Å². The van der Waals surface area contributed by atoms with E-state index < -0.39 is 17.5 Å². The Bertz CT molecular complexity index is 809. The lowest BCUT2D eigenvalue weighted by molar-refractivity contribution is -0.140. The van der Waals surface area contributed by atoms with E-state index in [0.29, 0.717) is 25.0 Å². The summed E-state index contributed by atoms with van der Waals surface area (Å²) in [5, 5.41) is 11.1. The maximum Gasteiger partial charge on any atom is 0.435 e. The summed E-state index contributed by atoms with van der Waals surface area (Å²) < 4.78 is 45.0. The molecule has 3 rings (SSSR count). The maximum atomic E-state index is 13.3. The SMILES string of the molecule is COc1ccncc1CC1(O)CCN(c2cc(Cl)cnc2C(F)(F)F)CC1. The van der Waals surface area contributed by atoms with Crippen molar-refractivity contribution in [1.82, 2.24) is 9.97 Å². The number of alkyl halides is 3. The minimum atomic E-state index is -4.57. The molecule has 0 saturated carbocycles. The Morgan fingerprint density at radius 1 is 1.30 bits per heavy atom. The van der Waals surface area contributed by atoms with Crippen LogP contribution in [0.3, 0.4) is 0 Å². The fourth-order valence-electron chi connectivity index (χ4n) is 3.33. The molecule has 0 radical (unpaired) electrons. The van der Waals surface area contributed by atoms with Crippen LogP contribution in [-0.4, -0.2) is 40.9 Å². The fraction of sp³-hybridized carbons (Fsp3) is 0.444. The lowest BCUT2D eigenvalue weighted by Crippen LogP contribution is -2.46. The van der Waals surface area contributed by atoms with Crippen LogP contribution in [0.2, 0.25) is 5.02 Å². The molecule has 3 heterocycles. The Balaban J connectivity index is 1.77. The minimum Gasteiger partial charge on any atom is -0.496 e. The molecule has 1 aliphatic rings. The molecular formula is C18H19ClF3N3O2. The number of anilines is 1. The van der Waals surface area contributed by atoms with Gasteiger partial charge in [-0.1, -0.05) is 11.6 Å². The Morgan fingerprint density at radius 3 is 2.63 bits per heavy atom. The first-order valence-corrected chi connectivity index (χ1v) is 8.77. The summed E-state index contributed by atoms with van der Waals surface area (Å²) in [6, 6.07) is 2.98. The number of aromatic nitrogens is 2. The van der Waals surface area contributed by atoms with E-state index in [1.54, 1.807) is 23.4 Å². The second-order valence-corrected chi connectivity index (χ2v) is 7.03. The van der Waals surface area contributed by atoms with E-state index >= 15 is 0 Å². The number of rotatable bonds is 4. The Morgan fingerprint density at radius 2 is 2.00 bits per heavy atom. The molecule has 0 aliphatic carbocycles. The van der Waals surface area contributed by atoms with Gasteiger partial charge in [0.25, 0.3) is 0 Å². The highest BCUT2D eigenvalue weighted by molar-refractivity contribution is 6.30. The maximum absolute atomic E-state index is 13.3. The third-order valence-corrected chi connectivity index (χ3v) is 4.94. The van der Waals surface area contributed by atoms with Crippen LogP contribution in [-0.2, 0) is 12.6 Å². The summed E-state index contributed by atoms with van der Waals surface area (Å²) in [5.74, 6) is 0.624. The standard InChI is InChI=1S/C18H19ClF3N3O2/c1-27-15-2-5-23-10-12(15)9-17(26)3-6-25(7-4-17)14-8-13(19)11-24-16(14)18(20,21)22/h2,5,8,10-11,26H,3-4,6-7,9H2,1H3. The second-order valence-electron chi connectivity index (χ2n) is 6.59. The predicted molar refractivity (Wildman–Crippen MR) is 95.1 cm³/mol. The molecule has 0 atom stereocenters. The number of piperidine rings is 1. The number of nitrogens with zero attached hydrogens (tertiary/aromatic N) is 3. The summed E-state index contributed by atoms with van der Waals surface area (Å²) in [4.78, 5) is 9.08. The van der Waals surface area contributed by atoms with Crippen LogP contribution in [0.15, 0.2) is 30.7 Å². The zero-order chi connectivity index (χ0) is 19.7. The van der Waals surface area contributed by atoms with E-state index in [-0.39, 0.29) is 23.8 Å². The van der Waals surface area contributed by atoms with Crippen LogP contribution in [0.4, 0.5) is 18.9 Å². The van der Waals surface area contributed by atoms with Crippen LogP contribution >= 0.6 is 11.6 Å². The van der Waals surface area contributed by atoms with E-state index in [2.05, 4.69) is 9.97 Å². The first kappa shape index (κ1) is 19.7. The van der Waals surface area contributed by atoms with Crippen molar-refractivity contribution in [3.8, 4) is 5.75 Å². The molecule has 146 valence electrons. The van der Waals surface area contributed by atoms with Gasteiger partial charge in [-0.15, -0.1) is 0 Å². The van der Waals surface area contributed by atoms with Gasteiger partial charge >= 0.3 is 6.18 Å². The Hall–Kier alpha value is -2.06. The van der Waals surface area contributed by atoms with Crippen molar-refractivity contribution in [3.05, 3.63) is 47.0 Å². The third kappa shape index (κ3) is 4.44. The number of methoxy groups -OCH3 is 1. The number of hydrogen-bond donors (Lipinski definition) is 1. The summed E-state index contributed by atoms with van der Waals surface area (Å²) in [7, 11) is 1.54. The number of halogens is 4. The molecule has 0 spiro atoms. The molecule has 2 aromatic rings. The lowest BCUT2D eigenvalue weighted by atomic mass is 9.85. The molecule has 0 amide bonds. The molecule has 9 heteroatoms. The zero-order valence-corrected chi connectivity index (χ0v) is 15.4. The van der Waals surface area contributed by atoms with Crippen LogP contribution < -0.4 is 9.64 Å². The van der Waals surface area contributed by atoms with Crippen LogP contribution in [0.1, 0.15) is 24.1 Å². The van der Waals surface area contributed by atoms with Gasteiger partial charge in [-0.2, -0.15) is 13.2 Å². The van der Waals surface area contributed by atoms with E-state index in [1.807, 2.05) is 0 Å². The van der Waals surface area contributed by atoms with Crippen molar-refractivity contribution in [3.63, 3.8) is 0 Å². The quantitative estimate of drug-likeness (QED) is 0.846. The smallest absolute Gasteiger partial charge is 0.435 e. The Labute approximate surface area is 159 Å². The first-order chi connectivity index (χ1) is 12.7. The molecule has 1 fully saturated rings. The molecule has 0 bridgehead atoms. The van der Waals surface area contributed by atoms with Crippen molar-refractivity contribution in [2.24, 2.45) is 0 Å². The number of pyridine rings is 2. The van der Waals surface area contributed by atoms with Gasteiger partial charge in [0.15, 0.2) is 5.69 Å². The van der Waals surface area contributed by atoms with Gasteiger partial charge in [0.1, 0.15) is 5.75 Å². The topological polar surface area (TPSA) is 58.5 Å². The molecular weight excluding hydrogens is 383 g/mol. The lowest BCUT2D eigenvalue weighted by Gasteiger charge is -2.40. The fourth-order valence-corrected chi connectivity index (χ4v) is 3.48. The number of aliphatic hydroxyl groups is 1. The van der Waals surface area contributed by atoms with Crippen molar-refractivity contribution in [2.75, 3.05) is 25.1 Å². The van der Waals surface area contributed by atoms with E-state index in [0.717, 1.165) is 11.8 Å². The predicted octanol–water partition coefficient (Wildman–Crippen LogP) is 3.73. The highest BCUT2D eigenvalue weighted by Gasteiger charge is 2.39. The van der Waals surface area contributed by atoms with Gasteiger partial charge < -0.3 is 14.7 Å². The van der Waals surface area contributed by atoms with Crippen LogP contribution in [0, 0.1) is 0 Å². The van der Waals surface area contributed by atoms with E-state index in [9.17, 15) is 18.3 Å².